The van der Waals surface area contributed by atoms with Crippen molar-refractivity contribution < 1.29 is 13.2 Å². The minimum Gasteiger partial charge on any atom is -0.224 e. The molecule has 0 aliphatic heterocycles. The van der Waals surface area contributed by atoms with Crippen LogP contribution in [-0.4, -0.2) is 14.6 Å². The first kappa shape index (κ1) is 11.9. The van der Waals surface area contributed by atoms with Crippen molar-refractivity contribution in [2.45, 2.75) is 32.4 Å². The molecule has 2 aromatic rings. The van der Waals surface area contributed by atoms with Crippen molar-refractivity contribution >= 4 is 5.65 Å². The molecule has 0 aromatic carbocycles. The quantitative estimate of drug-likeness (QED) is 0.711. The summed E-state index contributed by atoms with van der Waals surface area (Å²) >= 11 is 0. The molecule has 0 saturated heterocycles. The molecular formula is C11H11F3N3. The molecule has 0 atom stereocenters. The number of aromatic nitrogens is 3. The van der Waals surface area contributed by atoms with Crippen LogP contribution in [-0.2, 0) is 11.6 Å². The van der Waals surface area contributed by atoms with Crippen LogP contribution >= 0.6 is 0 Å². The summed E-state index contributed by atoms with van der Waals surface area (Å²) in [7, 11) is 0. The average Bonchev–Trinajstić information content (AvgIpc) is 2.57. The van der Waals surface area contributed by atoms with Crippen molar-refractivity contribution in [3.63, 3.8) is 0 Å². The summed E-state index contributed by atoms with van der Waals surface area (Å²) in [4.78, 5) is 3.52. The summed E-state index contributed by atoms with van der Waals surface area (Å²) in [5, 5.41) is 4.14. The Kier molecular flexibility index (Phi) is 2.41. The maximum atomic E-state index is 12.4. The Morgan fingerprint density at radius 3 is 2.35 bits per heavy atom. The van der Waals surface area contributed by atoms with Crippen molar-refractivity contribution in [2.24, 2.45) is 0 Å². The van der Waals surface area contributed by atoms with Crippen LogP contribution in [0.2, 0.25) is 0 Å². The second-order valence-corrected chi connectivity index (χ2v) is 4.82. The van der Waals surface area contributed by atoms with Gasteiger partial charge in [-0.1, -0.05) is 20.8 Å². The van der Waals surface area contributed by atoms with Crippen LogP contribution in [0.1, 0.15) is 32.2 Å². The van der Waals surface area contributed by atoms with Crippen molar-refractivity contribution in [2.75, 3.05) is 0 Å². The van der Waals surface area contributed by atoms with Crippen LogP contribution in [0.4, 0.5) is 13.2 Å². The molecule has 6 heteroatoms. The van der Waals surface area contributed by atoms with Gasteiger partial charge in [0.1, 0.15) is 5.69 Å². The zero-order valence-electron chi connectivity index (χ0n) is 9.63. The smallest absolute Gasteiger partial charge is 0.224 e. The van der Waals surface area contributed by atoms with Crippen LogP contribution in [0.5, 0.6) is 0 Å². The zero-order chi connectivity index (χ0) is 12.8. The Balaban J connectivity index is 2.56. The molecule has 1 radical (unpaired) electrons. The largest absolute Gasteiger partial charge is 0.433 e. The van der Waals surface area contributed by atoms with E-state index in [9.17, 15) is 13.2 Å². The molecule has 0 amide bonds. The third kappa shape index (κ3) is 2.25. The van der Waals surface area contributed by atoms with Gasteiger partial charge in [0.25, 0.3) is 0 Å². The van der Waals surface area contributed by atoms with E-state index in [1.165, 1.54) is 4.52 Å². The van der Waals surface area contributed by atoms with Gasteiger partial charge in [0.05, 0.1) is 11.9 Å². The predicted molar refractivity (Wildman–Crippen MR) is 55.5 cm³/mol. The Morgan fingerprint density at radius 1 is 1.18 bits per heavy atom. The normalized spacial score (nSPS) is 13.3. The summed E-state index contributed by atoms with van der Waals surface area (Å²) in [5.74, 6) is 0. The molecule has 2 rings (SSSR count). The minimum atomic E-state index is -4.45. The fourth-order valence-corrected chi connectivity index (χ4v) is 1.34. The molecule has 17 heavy (non-hydrogen) atoms. The lowest BCUT2D eigenvalue weighted by Gasteiger charge is -2.13. The topological polar surface area (TPSA) is 30.2 Å². The van der Waals surface area contributed by atoms with Gasteiger partial charge in [-0.3, -0.25) is 0 Å². The van der Waals surface area contributed by atoms with E-state index < -0.39 is 11.9 Å². The maximum absolute atomic E-state index is 12.4. The van der Waals surface area contributed by atoms with Crippen molar-refractivity contribution in [3.05, 3.63) is 29.7 Å². The fourth-order valence-electron chi connectivity index (χ4n) is 1.34. The van der Waals surface area contributed by atoms with Gasteiger partial charge in [0.15, 0.2) is 5.65 Å². The Morgan fingerprint density at radius 2 is 1.82 bits per heavy atom. The Hall–Kier alpha value is -1.59. The van der Waals surface area contributed by atoms with Gasteiger partial charge >= 0.3 is 6.18 Å². The van der Waals surface area contributed by atoms with Gasteiger partial charge < -0.3 is 0 Å². The highest BCUT2D eigenvalue weighted by atomic mass is 19.4. The SMILES string of the molecule is CC(C)(C)c1cc2nc(C(F)(F)F)c[c]n2n1. The Bertz CT molecular complexity index is 537. The Labute approximate surface area is 96.3 Å². The molecule has 0 aliphatic carbocycles. The molecule has 2 aromatic heterocycles. The van der Waals surface area contributed by atoms with Crippen LogP contribution in [0, 0.1) is 6.20 Å². The number of fused-ring (bicyclic) bond motifs is 1. The first-order valence-corrected chi connectivity index (χ1v) is 5.04. The van der Waals surface area contributed by atoms with Gasteiger partial charge in [0.2, 0.25) is 0 Å². The van der Waals surface area contributed by atoms with Crippen LogP contribution in [0.3, 0.4) is 0 Å². The second kappa shape index (κ2) is 3.45. The first-order valence-electron chi connectivity index (χ1n) is 5.04. The van der Waals surface area contributed by atoms with Crippen LogP contribution < -0.4 is 0 Å². The highest BCUT2D eigenvalue weighted by Crippen LogP contribution is 2.28. The van der Waals surface area contributed by atoms with E-state index in [1.807, 2.05) is 20.8 Å². The third-order valence-electron chi connectivity index (χ3n) is 2.31. The number of hydrogen-bond acceptors (Lipinski definition) is 2. The maximum Gasteiger partial charge on any atom is 0.433 e. The van der Waals surface area contributed by atoms with Crippen LogP contribution in [0.15, 0.2) is 12.1 Å². The number of hydrogen-bond donors (Lipinski definition) is 0. The highest BCUT2D eigenvalue weighted by Gasteiger charge is 2.33. The molecule has 0 unspecified atom stereocenters. The van der Waals surface area contributed by atoms with E-state index in [-0.39, 0.29) is 11.1 Å². The monoisotopic (exact) mass is 242 g/mol. The van der Waals surface area contributed by atoms with E-state index in [0.29, 0.717) is 5.69 Å². The lowest BCUT2D eigenvalue weighted by atomic mass is 9.93. The van der Waals surface area contributed by atoms with Crippen LogP contribution in [0.25, 0.3) is 5.65 Å². The fraction of sp³-hybridized carbons (Fsp3) is 0.455. The lowest BCUT2D eigenvalue weighted by Crippen LogP contribution is -2.11. The van der Waals surface area contributed by atoms with E-state index in [4.69, 9.17) is 0 Å². The summed E-state index contributed by atoms with van der Waals surface area (Å²) in [5.41, 5.74) is -0.351. The van der Waals surface area contributed by atoms with Gasteiger partial charge in [-0.2, -0.15) is 18.3 Å². The van der Waals surface area contributed by atoms with Gasteiger partial charge in [-0.25, -0.2) is 9.50 Å². The molecule has 0 bridgehead atoms. The summed E-state index contributed by atoms with van der Waals surface area (Å²) < 4.78 is 38.6. The molecule has 2 heterocycles. The van der Waals surface area contributed by atoms with Gasteiger partial charge in [-0.15, -0.1) is 0 Å². The third-order valence-corrected chi connectivity index (χ3v) is 2.31. The predicted octanol–water partition coefficient (Wildman–Crippen LogP) is 2.85. The number of nitrogens with zero attached hydrogens (tertiary/aromatic N) is 3. The average molecular weight is 242 g/mol. The summed E-state index contributed by atoms with van der Waals surface area (Å²) in [6, 6.07) is 2.35. The van der Waals surface area contributed by atoms with Crippen molar-refractivity contribution in [1.29, 1.82) is 0 Å². The number of alkyl halides is 3. The van der Waals surface area contributed by atoms with Gasteiger partial charge in [-0.05, 0) is 6.07 Å². The number of halogens is 3. The van der Waals surface area contributed by atoms with Gasteiger partial charge in [0, 0.05) is 11.5 Å². The second-order valence-electron chi connectivity index (χ2n) is 4.82. The first-order chi connectivity index (χ1) is 7.68. The molecule has 3 nitrogen and oxygen atoms in total. The lowest BCUT2D eigenvalue weighted by molar-refractivity contribution is -0.141. The van der Waals surface area contributed by atoms with E-state index in [0.717, 1.165) is 6.07 Å². The summed E-state index contributed by atoms with van der Waals surface area (Å²) in [6.45, 7) is 5.79. The van der Waals surface area contributed by atoms with E-state index in [1.54, 1.807) is 6.07 Å². The number of rotatable bonds is 0. The molecule has 0 spiro atoms. The molecule has 0 N–H and O–H groups in total. The molecule has 0 aliphatic rings. The van der Waals surface area contributed by atoms with Crippen molar-refractivity contribution in [3.8, 4) is 0 Å². The molecular weight excluding hydrogens is 231 g/mol. The highest BCUT2D eigenvalue weighted by molar-refractivity contribution is 5.41. The summed E-state index contributed by atoms with van der Waals surface area (Å²) in [6.07, 6.45) is -2.01. The van der Waals surface area contributed by atoms with E-state index in [2.05, 4.69) is 16.3 Å². The molecule has 0 fully saturated rings. The van der Waals surface area contributed by atoms with Crippen molar-refractivity contribution in [1.82, 2.24) is 14.6 Å². The van der Waals surface area contributed by atoms with E-state index >= 15 is 0 Å². The molecule has 91 valence electrons. The standard InChI is InChI=1S/C11H11F3N3/c1-10(2,3)8-6-9-15-7(11(12,13)14)4-5-17(9)16-8/h4,6H,1-3H3. The molecule has 0 saturated carbocycles. The minimum absolute atomic E-state index is 0.157. The zero-order valence-corrected chi connectivity index (χ0v) is 9.63.